The molecule has 1 saturated heterocycles. The van der Waals surface area contributed by atoms with Crippen molar-refractivity contribution in [2.45, 2.75) is 24.3 Å². The van der Waals surface area contributed by atoms with Crippen molar-refractivity contribution in [3.05, 3.63) is 89.8 Å². The molecule has 35 heavy (non-hydrogen) atoms. The first-order valence-corrected chi connectivity index (χ1v) is 12.3. The molecule has 1 unspecified atom stereocenters. The topological polar surface area (TPSA) is 140 Å². The number of Topliss-reactive ketones (excluding diaryl/α,β-unsaturated/α-hetero) is 1. The second-order valence-electron chi connectivity index (χ2n) is 7.87. The van der Waals surface area contributed by atoms with Crippen molar-refractivity contribution >= 4 is 33.2 Å². The summed E-state index contributed by atoms with van der Waals surface area (Å²) in [5, 5.41) is 16.4. The number of anilines is 1. The molecule has 0 bridgehead atoms. The molecule has 10 heteroatoms. The highest BCUT2D eigenvalue weighted by Gasteiger charge is 2.47. The van der Waals surface area contributed by atoms with Crippen LogP contribution in [0.2, 0.25) is 0 Å². The van der Waals surface area contributed by atoms with Gasteiger partial charge >= 0.3 is 0 Å². The van der Waals surface area contributed by atoms with Crippen molar-refractivity contribution < 1.29 is 27.9 Å². The molecule has 1 amide bonds. The van der Waals surface area contributed by atoms with Gasteiger partial charge in [-0.3, -0.25) is 19.5 Å². The molecular formula is C25H23N3O6S. The summed E-state index contributed by atoms with van der Waals surface area (Å²) in [5.41, 5.74) is 0.941. The molecule has 3 N–H and O–H groups in total. The first-order chi connectivity index (χ1) is 16.7. The number of pyridine rings is 1. The number of amides is 1. The first-order valence-electron chi connectivity index (χ1n) is 10.8. The lowest BCUT2D eigenvalue weighted by molar-refractivity contribution is -0.132. The number of ether oxygens (including phenoxy) is 1. The molecule has 0 saturated carbocycles. The molecule has 2 aromatic carbocycles. The fourth-order valence-corrected chi connectivity index (χ4v) is 4.37. The van der Waals surface area contributed by atoms with Crippen LogP contribution in [-0.4, -0.2) is 36.8 Å². The number of primary sulfonamides is 1. The molecule has 1 aliphatic heterocycles. The molecule has 180 valence electrons. The van der Waals surface area contributed by atoms with Crippen LogP contribution in [0, 0.1) is 0 Å². The highest BCUT2D eigenvalue weighted by Crippen LogP contribution is 2.42. The number of aliphatic hydroxyl groups excluding tert-OH is 1. The number of sulfonamides is 1. The van der Waals surface area contributed by atoms with Gasteiger partial charge in [-0.1, -0.05) is 25.1 Å². The number of aromatic nitrogens is 1. The molecule has 1 fully saturated rings. The highest BCUT2D eigenvalue weighted by molar-refractivity contribution is 7.89. The second-order valence-corrected chi connectivity index (χ2v) is 9.43. The summed E-state index contributed by atoms with van der Waals surface area (Å²) < 4.78 is 28.9. The normalized spacial score (nSPS) is 17.5. The minimum atomic E-state index is -3.95. The molecule has 0 aliphatic carbocycles. The standard InChI is InChI=1S/C25H23N3O6S/c1-2-13-34-19-7-3-5-16(14-19)23(29)21-22(17-6-4-12-27-15-17)28(25(31)24(21)30)18-8-10-20(11-9-18)35(26,32)33/h3-12,14-15,22,29H,2,13H2,1H3,(H2,26,32,33)/b23-21+. The molecule has 1 aliphatic rings. The molecule has 2 heterocycles. The molecule has 4 rings (SSSR count). The van der Waals surface area contributed by atoms with Crippen LogP contribution in [0.25, 0.3) is 5.76 Å². The number of nitrogens with zero attached hydrogens (tertiary/aromatic N) is 2. The van der Waals surface area contributed by atoms with Crippen molar-refractivity contribution in [2.24, 2.45) is 5.14 Å². The average molecular weight is 494 g/mol. The van der Waals surface area contributed by atoms with Gasteiger partial charge in [0.2, 0.25) is 10.0 Å². The van der Waals surface area contributed by atoms with Gasteiger partial charge in [0, 0.05) is 23.6 Å². The van der Waals surface area contributed by atoms with Gasteiger partial charge in [-0.05, 0) is 54.4 Å². The maximum Gasteiger partial charge on any atom is 0.300 e. The van der Waals surface area contributed by atoms with Crippen molar-refractivity contribution in [2.75, 3.05) is 11.5 Å². The van der Waals surface area contributed by atoms with E-state index in [1.54, 1.807) is 42.6 Å². The predicted molar refractivity (Wildman–Crippen MR) is 129 cm³/mol. The van der Waals surface area contributed by atoms with Gasteiger partial charge in [-0.25, -0.2) is 13.6 Å². The molecule has 1 aromatic heterocycles. The van der Waals surface area contributed by atoms with Crippen LogP contribution in [0.5, 0.6) is 5.75 Å². The van der Waals surface area contributed by atoms with Gasteiger partial charge in [-0.2, -0.15) is 0 Å². The Bertz CT molecular complexity index is 1400. The monoisotopic (exact) mass is 493 g/mol. The van der Waals surface area contributed by atoms with Crippen LogP contribution >= 0.6 is 0 Å². The molecule has 1 atom stereocenters. The zero-order valence-corrected chi connectivity index (χ0v) is 19.6. The van der Waals surface area contributed by atoms with E-state index in [-0.39, 0.29) is 21.9 Å². The molecular weight excluding hydrogens is 470 g/mol. The molecule has 0 spiro atoms. The molecule has 9 nitrogen and oxygen atoms in total. The fourth-order valence-electron chi connectivity index (χ4n) is 3.86. The third-order valence-corrected chi connectivity index (χ3v) is 6.40. The Hall–Kier alpha value is -4.02. The lowest BCUT2D eigenvalue weighted by Crippen LogP contribution is -2.29. The number of hydrogen-bond acceptors (Lipinski definition) is 7. The van der Waals surface area contributed by atoms with Crippen molar-refractivity contribution in [1.82, 2.24) is 4.98 Å². The maximum absolute atomic E-state index is 13.2. The third kappa shape index (κ3) is 4.79. The smallest absolute Gasteiger partial charge is 0.300 e. The van der Waals surface area contributed by atoms with E-state index in [1.807, 2.05) is 6.92 Å². The van der Waals surface area contributed by atoms with E-state index in [0.717, 1.165) is 6.42 Å². The van der Waals surface area contributed by atoms with Crippen LogP contribution in [0.4, 0.5) is 5.69 Å². The average Bonchev–Trinajstić information content (AvgIpc) is 3.13. The third-order valence-electron chi connectivity index (χ3n) is 5.47. The SMILES string of the molecule is CCCOc1cccc(/C(O)=C2\C(=O)C(=O)N(c3ccc(S(N)(=O)=O)cc3)C2c2cccnc2)c1. The Morgan fingerprint density at radius 3 is 2.49 bits per heavy atom. The van der Waals surface area contributed by atoms with E-state index >= 15 is 0 Å². The fraction of sp³-hybridized carbons (Fsp3) is 0.160. The number of ketones is 1. The van der Waals surface area contributed by atoms with Crippen LogP contribution in [0.1, 0.15) is 30.5 Å². The largest absolute Gasteiger partial charge is 0.507 e. The predicted octanol–water partition coefficient (Wildman–Crippen LogP) is 3.14. The van der Waals surface area contributed by atoms with Gasteiger partial charge in [0.05, 0.1) is 23.1 Å². The number of rotatable bonds is 7. The van der Waals surface area contributed by atoms with E-state index in [0.29, 0.717) is 23.5 Å². The Morgan fingerprint density at radius 2 is 1.86 bits per heavy atom. The second kappa shape index (κ2) is 9.69. The van der Waals surface area contributed by atoms with Gasteiger partial charge in [0.15, 0.2) is 0 Å². The summed E-state index contributed by atoms with van der Waals surface area (Å²) in [5.74, 6) is -1.60. The van der Waals surface area contributed by atoms with Crippen LogP contribution in [-0.2, 0) is 19.6 Å². The first kappa shape index (κ1) is 24.1. The minimum absolute atomic E-state index is 0.119. The molecule has 0 radical (unpaired) electrons. The molecule has 3 aromatic rings. The van der Waals surface area contributed by atoms with E-state index in [2.05, 4.69) is 4.98 Å². The number of hydrogen-bond donors (Lipinski definition) is 2. The number of nitrogens with two attached hydrogens (primary N) is 1. The van der Waals surface area contributed by atoms with Gasteiger partial charge in [0.25, 0.3) is 11.7 Å². The van der Waals surface area contributed by atoms with Crippen LogP contribution in [0.15, 0.2) is 83.5 Å². The lowest BCUT2D eigenvalue weighted by atomic mass is 9.96. The summed E-state index contributed by atoms with van der Waals surface area (Å²) in [4.78, 5) is 31.5. The van der Waals surface area contributed by atoms with E-state index < -0.39 is 27.8 Å². The minimum Gasteiger partial charge on any atom is -0.507 e. The highest BCUT2D eigenvalue weighted by atomic mass is 32.2. The van der Waals surface area contributed by atoms with Gasteiger partial charge in [0.1, 0.15) is 11.5 Å². The Labute approximate surface area is 202 Å². The lowest BCUT2D eigenvalue weighted by Gasteiger charge is -2.25. The Balaban J connectivity index is 1.86. The quantitative estimate of drug-likeness (QED) is 0.293. The summed E-state index contributed by atoms with van der Waals surface area (Å²) in [6.07, 6.45) is 3.84. The summed E-state index contributed by atoms with van der Waals surface area (Å²) in [6.45, 7) is 2.45. The van der Waals surface area contributed by atoms with Crippen molar-refractivity contribution in [3.63, 3.8) is 0 Å². The number of carbonyl (C=O) groups excluding carboxylic acids is 2. The zero-order valence-electron chi connectivity index (χ0n) is 18.8. The van der Waals surface area contributed by atoms with E-state index in [9.17, 15) is 23.1 Å². The van der Waals surface area contributed by atoms with Crippen LogP contribution in [0.3, 0.4) is 0 Å². The maximum atomic E-state index is 13.2. The summed E-state index contributed by atoms with van der Waals surface area (Å²) in [6, 6.07) is 14.2. The van der Waals surface area contributed by atoms with Gasteiger partial charge < -0.3 is 9.84 Å². The van der Waals surface area contributed by atoms with Crippen molar-refractivity contribution in [1.29, 1.82) is 0 Å². The number of aliphatic hydroxyl groups is 1. The summed E-state index contributed by atoms with van der Waals surface area (Å²) in [7, 11) is -3.95. The number of benzene rings is 2. The number of carbonyl (C=O) groups is 2. The van der Waals surface area contributed by atoms with Gasteiger partial charge in [-0.15, -0.1) is 0 Å². The van der Waals surface area contributed by atoms with E-state index in [4.69, 9.17) is 9.88 Å². The van der Waals surface area contributed by atoms with Crippen molar-refractivity contribution in [3.8, 4) is 5.75 Å². The van der Waals surface area contributed by atoms with Crippen LogP contribution < -0.4 is 14.8 Å². The van der Waals surface area contributed by atoms with E-state index in [1.165, 1.54) is 35.4 Å². The zero-order chi connectivity index (χ0) is 25.2. The Kier molecular flexibility index (Phi) is 6.68. The Morgan fingerprint density at radius 1 is 1.11 bits per heavy atom. The summed E-state index contributed by atoms with van der Waals surface area (Å²) >= 11 is 0.